The van der Waals surface area contributed by atoms with Crippen LogP contribution < -0.4 is 5.56 Å². The lowest BCUT2D eigenvalue weighted by Crippen LogP contribution is -2.24. The third-order valence-electron chi connectivity index (χ3n) is 4.21. The molecule has 2 heterocycles. The number of nitrogens with zero attached hydrogens (tertiary/aromatic N) is 2. The van der Waals surface area contributed by atoms with Crippen LogP contribution in [0.4, 0.5) is 0 Å². The van der Waals surface area contributed by atoms with Crippen molar-refractivity contribution in [3.05, 3.63) is 50.6 Å². The lowest BCUT2D eigenvalue weighted by molar-refractivity contribution is -0.117. The second-order valence-corrected chi connectivity index (χ2v) is 7.25. The van der Waals surface area contributed by atoms with E-state index >= 15 is 0 Å². The van der Waals surface area contributed by atoms with Crippen LogP contribution in [0.3, 0.4) is 0 Å². The summed E-state index contributed by atoms with van der Waals surface area (Å²) in [4.78, 5) is 41.1. The van der Waals surface area contributed by atoms with E-state index in [1.807, 2.05) is 31.2 Å². The molecule has 3 aromatic rings. The van der Waals surface area contributed by atoms with Crippen LogP contribution in [-0.4, -0.2) is 26.4 Å². The summed E-state index contributed by atoms with van der Waals surface area (Å²) in [5, 5.41) is 9.67. The number of hydrogen-bond donors (Lipinski definition) is 1. The quantitative estimate of drug-likeness (QED) is 0.743. The van der Waals surface area contributed by atoms with E-state index in [2.05, 4.69) is 4.98 Å². The van der Waals surface area contributed by atoms with Crippen molar-refractivity contribution in [2.75, 3.05) is 0 Å². The molecule has 1 N–H and O–H groups in total. The molecule has 0 atom stereocenters. The zero-order valence-corrected chi connectivity index (χ0v) is 15.5. The van der Waals surface area contributed by atoms with E-state index in [1.54, 1.807) is 6.92 Å². The molecule has 3 rings (SSSR count). The predicted octanol–water partition coefficient (Wildman–Crippen LogP) is 3.42. The van der Waals surface area contributed by atoms with Crippen molar-refractivity contribution in [2.45, 2.75) is 33.7 Å². The van der Waals surface area contributed by atoms with Crippen LogP contribution in [0, 0.1) is 13.8 Å². The Morgan fingerprint density at radius 2 is 2.00 bits per heavy atom. The molecule has 0 saturated carbocycles. The minimum absolute atomic E-state index is 0.0274. The second kappa shape index (κ2) is 6.84. The van der Waals surface area contributed by atoms with Crippen molar-refractivity contribution in [1.82, 2.24) is 9.55 Å². The zero-order chi connectivity index (χ0) is 19.0. The number of aromatic carboxylic acids is 1. The van der Waals surface area contributed by atoms with Crippen LogP contribution in [0.15, 0.2) is 29.1 Å². The summed E-state index contributed by atoms with van der Waals surface area (Å²) in [6, 6.07) is 7.58. The summed E-state index contributed by atoms with van der Waals surface area (Å²) in [5.41, 5.74) is 1.88. The number of aryl methyl sites for hydroxylation is 2. The fourth-order valence-corrected chi connectivity index (χ4v) is 3.91. The molecule has 0 aliphatic carbocycles. The molecular formula is C19H18N2O4S. The van der Waals surface area contributed by atoms with Crippen molar-refractivity contribution >= 4 is 33.3 Å². The average Bonchev–Trinajstić information content (AvgIpc) is 2.91. The summed E-state index contributed by atoms with van der Waals surface area (Å²) in [6.45, 7) is 5.24. The van der Waals surface area contributed by atoms with E-state index in [0.29, 0.717) is 21.6 Å². The Morgan fingerprint density at radius 1 is 1.27 bits per heavy atom. The lowest BCUT2D eigenvalue weighted by Gasteiger charge is -2.12. The fourth-order valence-electron chi connectivity index (χ4n) is 2.90. The van der Waals surface area contributed by atoms with E-state index in [-0.39, 0.29) is 29.2 Å². The number of carboxylic acids is 1. The van der Waals surface area contributed by atoms with E-state index in [4.69, 9.17) is 0 Å². The maximum absolute atomic E-state index is 13.1. The second-order valence-electron chi connectivity index (χ2n) is 6.26. The van der Waals surface area contributed by atoms with Gasteiger partial charge in [0.05, 0.1) is 5.39 Å². The molecule has 6 nitrogen and oxygen atoms in total. The Balaban J connectivity index is 2.34. The topological polar surface area (TPSA) is 89.3 Å². The predicted molar refractivity (Wildman–Crippen MR) is 101 cm³/mol. The highest BCUT2D eigenvalue weighted by Gasteiger charge is 2.21. The van der Waals surface area contributed by atoms with Crippen molar-refractivity contribution in [3.8, 4) is 11.4 Å². The fraction of sp³-hybridized carbons (Fsp3) is 0.263. The van der Waals surface area contributed by atoms with Crippen LogP contribution in [0.25, 0.3) is 21.6 Å². The first-order valence-corrected chi connectivity index (χ1v) is 8.95. The van der Waals surface area contributed by atoms with Crippen LogP contribution >= 0.6 is 11.3 Å². The molecule has 134 valence electrons. The first-order valence-electron chi connectivity index (χ1n) is 8.13. The minimum atomic E-state index is -1.07. The number of carbonyl (C=O) groups excluding carboxylic acids is 1. The molecule has 0 amide bonds. The standard InChI is InChI=1S/C19H18N2O4S/c1-10-5-4-6-13(9-10)16-20-17-14(12(3)15(26-17)19(24)25)18(23)21(16)8-7-11(2)22/h4-6,9H,7-8H2,1-3H3,(H,24,25). The molecule has 0 fully saturated rings. The van der Waals surface area contributed by atoms with Crippen LogP contribution in [0.5, 0.6) is 0 Å². The SMILES string of the molecule is CC(=O)CCn1c(-c2cccc(C)c2)nc2sc(C(=O)O)c(C)c2c1=O. The molecule has 7 heteroatoms. The van der Waals surface area contributed by atoms with Gasteiger partial charge in [-0.05, 0) is 32.4 Å². The van der Waals surface area contributed by atoms with Crippen LogP contribution in [0.1, 0.15) is 34.1 Å². The summed E-state index contributed by atoms with van der Waals surface area (Å²) in [5.74, 6) is -0.650. The number of benzene rings is 1. The first-order chi connectivity index (χ1) is 12.3. The maximum Gasteiger partial charge on any atom is 0.346 e. The van der Waals surface area contributed by atoms with Crippen molar-refractivity contribution in [3.63, 3.8) is 0 Å². The molecule has 0 radical (unpaired) electrons. The van der Waals surface area contributed by atoms with Crippen LogP contribution in [0.2, 0.25) is 0 Å². The monoisotopic (exact) mass is 370 g/mol. The summed E-state index contributed by atoms with van der Waals surface area (Å²) < 4.78 is 1.48. The average molecular weight is 370 g/mol. The summed E-state index contributed by atoms with van der Waals surface area (Å²) in [7, 11) is 0. The Labute approximate surface area is 153 Å². The van der Waals surface area contributed by atoms with Gasteiger partial charge in [0.1, 0.15) is 21.3 Å². The van der Waals surface area contributed by atoms with Gasteiger partial charge < -0.3 is 5.11 Å². The van der Waals surface area contributed by atoms with E-state index in [1.165, 1.54) is 11.5 Å². The van der Waals surface area contributed by atoms with Crippen molar-refractivity contribution in [1.29, 1.82) is 0 Å². The smallest absolute Gasteiger partial charge is 0.346 e. The minimum Gasteiger partial charge on any atom is -0.477 e. The largest absolute Gasteiger partial charge is 0.477 e. The van der Waals surface area contributed by atoms with E-state index in [0.717, 1.165) is 22.5 Å². The normalized spacial score (nSPS) is 11.0. The molecule has 0 unspecified atom stereocenters. The maximum atomic E-state index is 13.1. The molecular weight excluding hydrogens is 352 g/mol. The van der Waals surface area contributed by atoms with Gasteiger partial charge in [0.2, 0.25) is 0 Å². The van der Waals surface area contributed by atoms with Gasteiger partial charge in [0, 0.05) is 18.5 Å². The number of ketones is 1. The number of hydrogen-bond acceptors (Lipinski definition) is 5. The van der Waals surface area contributed by atoms with Gasteiger partial charge in [0.25, 0.3) is 5.56 Å². The number of rotatable bonds is 5. The number of thiophene rings is 1. The highest BCUT2D eigenvalue weighted by molar-refractivity contribution is 7.20. The Morgan fingerprint density at radius 3 is 2.62 bits per heavy atom. The zero-order valence-electron chi connectivity index (χ0n) is 14.7. The third-order valence-corrected chi connectivity index (χ3v) is 5.38. The third kappa shape index (κ3) is 3.17. The van der Waals surface area contributed by atoms with E-state index < -0.39 is 5.97 Å². The van der Waals surface area contributed by atoms with Crippen molar-refractivity contribution in [2.24, 2.45) is 0 Å². The number of aromatic nitrogens is 2. The Hall–Kier alpha value is -2.80. The number of fused-ring (bicyclic) bond motifs is 1. The van der Waals surface area contributed by atoms with Gasteiger partial charge in [0.15, 0.2) is 0 Å². The highest BCUT2D eigenvalue weighted by Crippen LogP contribution is 2.29. The molecule has 0 bridgehead atoms. The molecule has 26 heavy (non-hydrogen) atoms. The Kier molecular flexibility index (Phi) is 4.73. The van der Waals surface area contributed by atoms with Crippen LogP contribution in [-0.2, 0) is 11.3 Å². The first kappa shape index (κ1) is 18.0. The summed E-state index contributed by atoms with van der Waals surface area (Å²) >= 11 is 1.00. The molecule has 2 aromatic heterocycles. The molecule has 1 aromatic carbocycles. The molecule has 0 aliphatic rings. The molecule has 0 aliphatic heterocycles. The van der Waals surface area contributed by atoms with Gasteiger partial charge in [-0.1, -0.05) is 23.8 Å². The molecule has 0 spiro atoms. The highest BCUT2D eigenvalue weighted by atomic mass is 32.1. The van der Waals surface area contributed by atoms with Gasteiger partial charge in [-0.3, -0.25) is 14.2 Å². The van der Waals surface area contributed by atoms with Gasteiger partial charge in [-0.15, -0.1) is 11.3 Å². The van der Waals surface area contributed by atoms with E-state index in [9.17, 15) is 19.5 Å². The number of carbonyl (C=O) groups is 2. The van der Waals surface area contributed by atoms with Crippen molar-refractivity contribution < 1.29 is 14.7 Å². The lowest BCUT2D eigenvalue weighted by atomic mass is 10.1. The summed E-state index contributed by atoms with van der Waals surface area (Å²) in [6.07, 6.45) is 0.209. The Bertz CT molecular complexity index is 1090. The van der Waals surface area contributed by atoms with Gasteiger partial charge >= 0.3 is 5.97 Å². The molecule has 0 saturated heterocycles. The number of Topliss-reactive ketones (excluding diaryl/α,β-unsaturated/α-hetero) is 1. The van der Waals surface area contributed by atoms with Gasteiger partial charge in [-0.2, -0.15) is 0 Å². The number of carboxylic acid groups (broad SMARTS) is 1. The van der Waals surface area contributed by atoms with Gasteiger partial charge in [-0.25, -0.2) is 9.78 Å².